The number of rotatable bonds is 5. The first-order valence-corrected chi connectivity index (χ1v) is 10.8. The van der Waals surface area contributed by atoms with Crippen molar-refractivity contribution in [3.8, 4) is 5.75 Å². The zero-order valence-electron chi connectivity index (χ0n) is 16.5. The van der Waals surface area contributed by atoms with E-state index in [2.05, 4.69) is 22.3 Å². The smallest absolute Gasteiger partial charge is 0.240 e. The number of piperidine rings is 1. The van der Waals surface area contributed by atoms with E-state index in [4.69, 9.17) is 4.74 Å². The van der Waals surface area contributed by atoms with Crippen molar-refractivity contribution >= 4 is 35.0 Å². The predicted octanol–water partition coefficient (Wildman–Crippen LogP) is 2.92. The van der Waals surface area contributed by atoms with Gasteiger partial charge in [0, 0.05) is 29.7 Å². The second kappa shape index (κ2) is 8.78. The number of hydrogen-bond donors (Lipinski definition) is 1. The molecule has 152 valence electrons. The number of thioether (sulfide) groups is 1. The lowest BCUT2D eigenvalue weighted by molar-refractivity contribution is -0.123. The van der Waals surface area contributed by atoms with E-state index in [0.29, 0.717) is 5.75 Å². The highest BCUT2D eigenvalue weighted by Crippen LogP contribution is 2.34. The third kappa shape index (κ3) is 4.50. The van der Waals surface area contributed by atoms with Crippen LogP contribution in [0.4, 0.5) is 11.4 Å². The summed E-state index contributed by atoms with van der Waals surface area (Å²) in [5.41, 5.74) is 2.00. The van der Waals surface area contributed by atoms with Crippen molar-refractivity contribution in [3.63, 3.8) is 0 Å². The van der Waals surface area contributed by atoms with Gasteiger partial charge in [0.1, 0.15) is 12.3 Å². The molecule has 0 radical (unpaired) electrons. The molecule has 2 aliphatic rings. The topological polar surface area (TPSA) is 61.9 Å². The molecule has 6 nitrogen and oxygen atoms in total. The Balaban J connectivity index is 1.30. The summed E-state index contributed by atoms with van der Waals surface area (Å²) in [4.78, 5) is 29.9. The third-order valence-corrected chi connectivity index (χ3v) is 6.46. The van der Waals surface area contributed by atoms with Gasteiger partial charge in [0.15, 0.2) is 0 Å². The Bertz CT molecular complexity index is 879. The first-order valence-electron chi connectivity index (χ1n) is 9.84. The largest absolute Gasteiger partial charge is 0.497 e. The highest BCUT2D eigenvalue weighted by Gasteiger charge is 2.27. The van der Waals surface area contributed by atoms with Gasteiger partial charge >= 0.3 is 0 Å². The highest BCUT2D eigenvalue weighted by molar-refractivity contribution is 8.00. The Morgan fingerprint density at radius 2 is 1.86 bits per heavy atom. The molecule has 0 aliphatic carbocycles. The maximum atomic E-state index is 12.6. The molecule has 0 bridgehead atoms. The number of fused-ring (bicyclic) bond motifs is 1. The summed E-state index contributed by atoms with van der Waals surface area (Å²) < 4.78 is 5.21. The Labute approximate surface area is 175 Å². The molecular formula is C22H25N3O3S. The fraction of sp³-hybridized carbons (Fsp3) is 0.364. The van der Waals surface area contributed by atoms with E-state index in [-0.39, 0.29) is 24.4 Å². The molecule has 1 saturated heterocycles. The van der Waals surface area contributed by atoms with Crippen LogP contribution in [0.15, 0.2) is 53.4 Å². The minimum Gasteiger partial charge on any atom is -0.497 e. The molecule has 29 heavy (non-hydrogen) atoms. The summed E-state index contributed by atoms with van der Waals surface area (Å²) in [5.74, 6) is 1.12. The second-order valence-corrected chi connectivity index (χ2v) is 8.28. The van der Waals surface area contributed by atoms with Gasteiger partial charge in [-0.3, -0.25) is 9.59 Å². The van der Waals surface area contributed by atoms with Crippen LogP contribution in [0.5, 0.6) is 5.75 Å². The van der Waals surface area contributed by atoms with Crippen LogP contribution in [-0.2, 0) is 9.59 Å². The Hall–Kier alpha value is -2.67. The number of ether oxygens (including phenoxy) is 1. The first kappa shape index (κ1) is 19.6. The molecule has 7 heteroatoms. The number of para-hydroxylation sites is 1. The molecule has 0 atom stereocenters. The monoisotopic (exact) mass is 411 g/mol. The van der Waals surface area contributed by atoms with Crippen LogP contribution in [0, 0.1) is 0 Å². The third-order valence-electron chi connectivity index (χ3n) is 5.41. The maximum Gasteiger partial charge on any atom is 0.240 e. The number of amides is 2. The molecular weight excluding hydrogens is 386 g/mol. The number of carbonyl (C=O) groups excluding carboxylic acids is 2. The Kier molecular flexibility index (Phi) is 5.94. The highest BCUT2D eigenvalue weighted by atomic mass is 32.2. The quantitative estimate of drug-likeness (QED) is 0.820. The minimum absolute atomic E-state index is 0.0156. The molecule has 2 aliphatic heterocycles. The van der Waals surface area contributed by atoms with Gasteiger partial charge in [0.05, 0.1) is 18.6 Å². The van der Waals surface area contributed by atoms with Crippen LogP contribution in [-0.4, -0.2) is 50.4 Å². The number of carbonyl (C=O) groups is 2. The van der Waals surface area contributed by atoms with E-state index in [1.165, 1.54) is 17.4 Å². The van der Waals surface area contributed by atoms with Gasteiger partial charge < -0.3 is 19.9 Å². The Morgan fingerprint density at radius 1 is 1.14 bits per heavy atom. The molecule has 1 N–H and O–H groups in total. The second-order valence-electron chi connectivity index (χ2n) is 7.26. The average molecular weight is 412 g/mol. The van der Waals surface area contributed by atoms with Gasteiger partial charge in [0.2, 0.25) is 11.8 Å². The van der Waals surface area contributed by atoms with Crippen LogP contribution >= 0.6 is 11.8 Å². The number of nitrogens with one attached hydrogen (secondary N) is 1. The van der Waals surface area contributed by atoms with Crippen molar-refractivity contribution < 1.29 is 14.3 Å². The van der Waals surface area contributed by atoms with Gasteiger partial charge in [-0.25, -0.2) is 0 Å². The average Bonchev–Trinajstić information content (AvgIpc) is 2.76. The maximum absolute atomic E-state index is 12.6. The molecule has 1 fully saturated rings. The molecule has 0 unspecified atom stereocenters. The fourth-order valence-electron chi connectivity index (χ4n) is 3.82. The van der Waals surface area contributed by atoms with E-state index in [0.717, 1.165) is 42.3 Å². The molecule has 4 rings (SSSR count). The molecule has 0 aromatic heterocycles. The zero-order valence-corrected chi connectivity index (χ0v) is 17.3. The molecule has 2 heterocycles. The van der Waals surface area contributed by atoms with Crippen LogP contribution in [0.25, 0.3) is 0 Å². The lowest BCUT2D eigenvalue weighted by Gasteiger charge is -2.34. The number of benzene rings is 2. The van der Waals surface area contributed by atoms with Gasteiger partial charge in [0.25, 0.3) is 0 Å². The Morgan fingerprint density at radius 3 is 2.59 bits per heavy atom. The fourth-order valence-corrected chi connectivity index (χ4v) is 4.76. The molecule has 2 aromatic carbocycles. The van der Waals surface area contributed by atoms with Crippen molar-refractivity contribution in [2.75, 3.05) is 42.3 Å². The lowest BCUT2D eigenvalue weighted by Crippen LogP contribution is -2.49. The summed E-state index contributed by atoms with van der Waals surface area (Å²) >= 11 is 1.53. The van der Waals surface area contributed by atoms with Gasteiger partial charge in [-0.1, -0.05) is 12.1 Å². The first-order chi connectivity index (χ1) is 14.1. The number of nitrogens with zero attached hydrogens (tertiary/aromatic N) is 2. The number of hydrogen-bond acceptors (Lipinski definition) is 5. The van der Waals surface area contributed by atoms with E-state index in [9.17, 15) is 9.59 Å². The number of methoxy groups -OCH3 is 1. The van der Waals surface area contributed by atoms with Crippen molar-refractivity contribution in [3.05, 3.63) is 48.5 Å². The summed E-state index contributed by atoms with van der Waals surface area (Å²) in [6.07, 6.45) is 1.77. The van der Waals surface area contributed by atoms with E-state index < -0.39 is 0 Å². The summed E-state index contributed by atoms with van der Waals surface area (Å²) in [7, 11) is 1.66. The van der Waals surface area contributed by atoms with E-state index in [1.807, 2.05) is 36.4 Å². The standard InChI is InChI=1S/C22H25N3O3S/c1-28-18-8-6-17(7-9-18)24-12-10-16(11-13-24)23-21(26)14-25-19-4-2-3-5-20(19)29-15-22(25)27/h2-9,16H,10-15H2,1H3,(H,23,26). The summed E-state index contributed by atoms with van der Waals surface area (Å²) in [5, 5.41) is 3.12. The van der Waals surface area contributed by atoms with Crippen molar-refractivity contribution in [1.82, 2.24) is 5.32 Å². The SMILES string of the molecule is COc1ccc(N2CCC(NC(=O)CN3C(=O)CSc4ccccc43)CC2)cc1. The van der Waals surface area contributed by atoms with Crippen LogP contribution in [0.1, 0.15) is 12.8 Å². The summed E-state index contributed by atoms with van der Waals surface area (Å²) in [6, 6.07) is 16.0. The normalized spacial score (nSPS) is 17.1. The van der Waals surface area contributed by atoms with Gasteiger partial charge in [-0.15, -0.1) is 11.8 Å². The van der Waals surface area contributed by atoms with Gasteiger partial charge in [-0.05, 0) is 49.2 Å². The van der Waals surface area contributed by atoms with Crippen molar-refractivity contribution in [2.45, 2.75) is 23.8 Å². The molecule has 2 aromatic rings. The van der Waals surface area contributed by atoms with Crippen LogP contribution in [0.3, 0.4) is 0 Å². The lowest BCUT2D eigenvalue weighted by atomic mass is 10.0. The summed E-state index contributed by atoms with van der Waals surface area (Å²) in [6.45, 7) is 1.86. The van der Waals surface area contributed by atoms with Crippen molar-refractivity contribution in [1.29, 1.82) is 0 Å². The van der Waals surface area contributed by atoms with Crippen LogP contribution < -0.4 is 19.9 Å². The molecule has 0 saturated carbocycles. The van der Waals surface area contributed by atoms with E-state index in [1.54, 1.807) is 12.0 Å². The van der Waals surface area contributed by atoms with Crippen LogP contribution in [0.2, 0.25) is 0 Å². The molecule has 2 amide bonds. The minimum atomic E-state index is -0.0945. The van der Waals surface area contributed by atoms with Gasteiger partial charge in [-0.2, -0.15) is 0 Å². The number of anilines is 2. The molecule has 0 spiro atoms. The van der Waals surface area contributed by atoms with E-state index >= 15 is 0 Å². The van der Waals surface area contributed by atoms with Crippen molar-refractivity contribution in [2.24, 2.45) is 0 Å². The predicted molar refractivity (Wildman–Crippen MR) is 116 cm³/mol. The zero-order chi connectivity index (χ0) is 20.2.